The zero-order valence-electron chi connectivity index (χ0n) is 13.7. The molecule has 3 heteroatoms. The normalized spacial score (nSPS) is 12.7. The van der Waals surface area contributed by atoms with Crippen LogP contribution in [0.2, 0.25) is 0 Å². The number of guanidine groups is 1. The van der Waals surface area contributed by atoms with E-state index in [4.69, 9.17) is 5.73 Å². The number of nitrogens with zero attached hydrogens (tertiary/aromatic N) is 1. The summed E-state index contributed by atoms with van der Waals surface area (Å²) >= 11 is 0. The minimum atomic E-state index is 0.309. The first-order chi connectivity index (χ1) is 11.1. The molecule has 1 atom stereocenters. The number of hydrogen-bond acceptors (Lipinski definition) is 1. The van der Waals surface area contributed by atoms with Crippen molar-refractivity contribution in [2.75, 3.05) is 13.1 Å². The first-order valence-electron chi connectivity index (χ1n) is 7.92. The molecule has 2 aromatic carbocycles. The third-order valence-electron chi connectivity index (χ3n) is 3.65. The lowest BCUT2D eigenvalue weighted by Crippen LogP contribution is -2.33. The van der Waals surface area contributed by atoms with Gasteiger partial charge in [-0.2, -0.15) is 0 Å². The summed E-state index contributed by atoms with van der Waals surface area (Å²) < 4.78 is 0. The molecule has 0 bridgehead atoms. The van der Waals surface area contributed by atoms with Crippen molar-refractivity contribution in [3.8, 4) is 0 Å². The first-order valence-corrected chi connectivity index (χ1v) is 7.92. The van der Waals surface area contributed by atoms with Gasteiger partial charge in [0.25, 0.3) is 0 Å². The van der Waals surface area contributed by atoms with E-state index in [0.717, 1.165) is 12.0 Å². The third-order valence-corrected chi connectivity index (χ3v) is 3.65. The van der Waals surface area contributed by atoms with E-state index in [2.05, 4.69) is 65.4 Å². The Labute approximate surface area is 139 Å². The molecule has 2 rings (SSSR count). The zero-order valence-corrected chi connectivity index (χ0v) is 13.7. The summed E-state index contributed by atoms with van der Waals surface area (Å²) in [6, 6.07) is 21.0. The molecule has 0 aromatic heterocycles. The van der Waals surface area contributed by atoms with Crippen molar-refractivity contribution >= 4 is 5.96 Å². The SMILES string of the molecule is C=C(C)CNC(N)=NCC(Cc1ccccc1)c1ccccc1. The van der Waals surface area contributed by atoms with E-state index in [-0.39, 0.29) is 0 Å². The van der Waals surface area contributed by atoms with Crippen molar-refractivity contribution in [2.24, 2.45) is 10.7 Å². The van der Waals surface area contributed by atoms with Crippen molar-refractivity contribution in [3.05, 3.63) is 83.9 Å². The summed E-state index contributed by atoms with van der Waals surface area (Å²) in [5.74, 6) is 0.783. The Morgan fingerprint density at radius 1 is 1.09 bits per heavy atom. The van der Waals surface area contributed by atoms with Crippen molar-refractivity contribution in [3.63, 3.8) is 0 Å². The van der Waals surface area contributed by atoms with Gasteiger partial charge in [0, 0.05) is 19.0 Å². The fourth-order valence-corrected chi connectivity index (χ4v) is 2.42. The smallest absolute Gasteiger partial charge is 0.188 e. The second-order valence-corrected chi connectivity index (χ2v) is 5.83. The highest BCUT2D eigenvalue weighted by atomic mass is 15.1. The molecule has 3 N–H and O–H groups in total. The molecule has 0 aliphatic carbocycles. The van der Waals surface area contributed by atoms with Gasteiger partial charge in [0.05, 0.1) is 0 Å². The van der Waals surface area contributed by atoms with E-state index in [9.17, 15) is 0 Å². The van der Waals surface area contributed by atoms with E-state index in [0.29, 0.717) is 25.0 Å². The van der Waals surface area contributed by atoms with Gasteiger partial charge >= 0.3 is 0 Å². The predicted octanol–water partition coefficient (Wildman–Crippen LogP) is 3.49. The lowest BCUT2D eigenvalue weighted by molar-refractivity contribution is 0.692. The van der Waals surface area contributed by atoms with Gasteiger partial charge < -0.3 is 11.1 Å². The Kier molecular flexibility index (Phi) is 6.42. The number of nitrogens with two attached hydrogens (primary N) is 1. The molecule has 3 nitrogen and oxygen atoms in total. The molecule has 0 spiro atoms. The summed E-state index contributed by atoms with van der Waals surface area (Å²) in [6.45, 7) is 7.13. The fourth-order valence-electron chi connectivity index (χ4n) is 2.42. The number of aliphatic imine (C=N–C) groups is 1. The third kappa shape index (κ3) is 5.99. The van der Waals surface area contributed by atoms with Crippen molar-refractivity contribution in [2.45, 2.75) is 19.3 Å². The molecule has 0 fully saturated rings. The zero-order chi connectivity index (χ0) is 16.5. The number of hydrogen-bond donors (Lipinski definition) is 2. The van der Waals surface area contributed by atoms with Crippen LogP contribution in [0.25, 0.3) is 0 Å². The van der Waals surface area contributed by atoms with E-state index in [1.54, 1.807) is 0 Å². The molecule has 1 unspecified atom stereocenters. The molecule has 23 heavy (non-hydrogen) atoms. The molecule has 2 aromatic rings. The molecule has 0 aliphatic heterocycles. The van der Waals surface area contributed by atoms with Gasteiger partial charge in [-0.25, -0.2) is 0 Å². The molecular formula is C20H25N3. The van der Waals surface area contributed by atoms with Crippen LogP contribution in [0, 0.1) is 0 Å². The van der Waals surface area contributed by atoms with Gasteiger partial charge in [0.15, 0.2) is 5.96 Å². The quantitative estimate of drug-likeness (QED) is 0.467. The Morgan fingerprint density at radius 2 is 1.70 bits per heavy atom. The topological polar surface area (TPSA) is 50.4 Å². The van der Waals surface area contributed by atoms with Gasteiger partial charge in [-0.3, -0.25) is 4.99 Å². The highest BCUT2D eigenvalue weighted by molar-refractivity contribution is 5.78. The maximum absolute atomic E-state index is 5.94. The van der Waals surface area contributed by atoms with Crippen molar-refractivity contribution in [1.29, 1.82) is 0 Å². The maximum atomic E-state index is 5.94. The van der Waals surface area contributed by atoms with Crippen LogP contribution < -0.4 is 11.1 Å². The van der Waals surface area contributed by atoms with Crippen molar-refractivity contribution in [1.82, 2.24) is 5.32 Å². The molecule has 0 saturated carbocycles. The predicted molar refractivity (Wildman–Crippen MR) is 98.6 cm³/mol. The maximum Gasteiger partial charge on any atom is 0.188 e. The van der Waals surface area contributed by atoms with Gasteiger partial charge in [-0.1, -0.05) is 72.8 Å². The van der Waals surface area contributed by atoms with Crippen LogP contribution in [0.1, 0.15) is 24.0 Å². The summed E-state index contributed by atoms with van der Waals surface area (Å²) in [5, 5.41) is 3.08. The van der Waals surface area contributed by atoms with Gasteiger partial charge in [-0.05, 0) is 24.5 Å². The average molecular weight is 307 g/mol. The fraction of sp³-hybridized carbons (Fsp3) is 0.250. The Bertz CT molecular complexity index is 632. The second kappa shape index (κ2) is 8.79. The minimum Gasteiger partial charge on any atom is -0.370 e. The number of nitrogens with one attached hydrogen (secondary N) is 1. The van der Waals surface area contributed by atoms with E-state index >= 15 is 0 Å². The van der Waals surface area contributed by atoms with E-state index < -0.39 is 0 Å². The lowest BCUT2D eigenvalue weighted by Gasteiger charge is -2.16. The van der Waals surface area contributed by atoms with Crippen LogP contribution in [0.3, 0.4) is 0 Å². The van der Waals surface area contributed by atoms with Crippen LogP contribution in [0.5, 0.6) is 0 Å². The Hall–Kier alpha value is -2.55. The first kappa shape index (κ1) is 16.8. The monoisotopic (exact) mass is 307 g/mol. The molecule has 0 amide bonds. The molecule has 0 saturated heterocycles. The van der Waals surface area contributed by atoms with Crippen LogP contribution in [0.4, 0.5) is 0 Å². The molecule has 0 radical (unpaired) electrons. The average Bonchev–Trinajstić information content (AvgIpc) is 2.58. The number of rotatable bonds is 7. The largest absolute Gasteiger partial charge is 0.370 e. The Morgan fingerprint density at radius 3 is 2.30 bits per heavy atom. The minimum absolute atomic E-state index is 0.309. The molecule has 120 valence electrons. The summed E-state index contributed by atoms with van der Waals surface area (Å²) in [7, 11) is 0. The standard InChI is InChI=1S/C20H25N3/c1-16(2)14-22-20(21)23-15-19(18-11-7-4-8-12-18)13-17-9-5-3-6-10-17/h3-12,19H,1,13-15H2,2H3,(H3,21,22,23). The molecule has 0 aliphatic rings. The van der Waals surface area contributed by atoms with Crippen LogP contribution in [-0.4, -0.2) is 19.0 Å². The summed E-state index contributed by atoms with van der Waals surface area (Å²) in [4.78, 5) is 4.51. The molecule has 0 heterocycles. The summed E-state index contributed by atoms with van der Waals surface area (Å²) in [6.07, 6.45) is 0.947. The number of benzene rings is 2. The van der Waals surface area contributed by atoms with Gasteiger partial charge in [-0.15, -0.1) is 0 Å². The van der Waals surface area contributed by atoms with Gasteiger partial charge in [0.2, 0.25) is 0 Å². The lowest BCUT2D eigenvalue weighted by atomic mass is 9.92. The van der Waals surface area contributed by atoms with Crippen LogP contribution in [0.15, 0.2) is 77.8 Å². The second-order valence-electron chi connectivity index (χ2n) is 5.83. The summed E-state index contributed by atoms with van der Waals surface area (Å²) in [5.41, 5.74) is 9.57. The van der Waals surface area contributed by atoms with E-state index in [1.165, 1.54) is 11.1 Å². The van der Waals surface area contributed by atoms with Crippen molar-refractivity contribution < 1.29 is 0 Å². The van der Waals surface area contributed by atoms with Gasteiger partial charge in [0.1, 0.15) is 0 Å². The highest BCUT2D eigenvalue weighted by Crippen LogP contribution is 2.21. The molecular weight excluding hydrogens is 282 g/mol. The van der Waals surface area contributed by atoms with Crippen LogP contribution >= 0.6 is 0 Å². The van der Waals surface area contributed by atoms with E-state index in [1.807, 2.05) is 19.1 Å². The highest BCUT2D eigenvalue weighted by Gasteiger charge is 2.12. The van der Waals surface area contributed by atoms with Crippen LogP contribution in [-0.2, 0) is 6.42 Å². The Balaban J connectivity index is 2.08.